The topological polar surface area (TPSA) is 74.3 Å². The third-order valence-corrected chi connectivity index (χ3v) is 5.61. The van der Waals surface area contributed by atoms with E-state index >= 15 is 0 Å². The van der Waals surface area contributed by atoms with Crippen LogP contribution in [0.1, 0.15) is 25.3 Å². The van der Waals surface area contributed by atoms with Crippen molar-refractivity contribution < 1.29 is 9.59 Å². The van der Waals surface area contributed by atoms with E-state index in [1.807, 2.05) is 35.7 Å². The van der Waals surface area contributed by atoms with Gasteiger partial charge in [-0.3, -0.25) is 14.5 Å². The Morgan fingerprint density at radius 1 is 1.37 bits per heavy atom. The van der Waals surface area contributed by atoms with Gasteiger partial charge < -0.3 is 10.6 Å². The first-order valence-corrected chi connectivity index (χ1v) is 10.2. The highest BCUT2D eigenvalue weighted by Crippen LogP contribution is 2.21. The molecule has 1 atom stereocenters. The molecule has 1 aromatic heterocycles. The first-order valence-electron chi connectivity index (χ1n) is 9.34. The van der Waals surface area contributed by atoms with Crippen molar-refractivity contribution >= 4 is 23.2 Å². The average molecular weight is 387 g/mol. The van der Waals surface area contributed by atoms with Crippen molar-refractivity contribution in [3.8, 4) is 11.3 Å². The quantitative estimate of drug-likeness (QED) is 0.764. The number of thiazole rings is 1. The monoisotopic (exact) mass is 386 g/mol. The van der Waals surface area contributed by atoms with E-state index in [4.69, 9.17) is 0 Å². The second kappa shape index (κ2) is 9.10. The Labute approximate surface area is 164 Å². The molecule has 1 aromatic carbocycles. The Kier molecular flexibility index (Phi) is 6.58. The number of rotatable bonds is 7. The van der Waals surface area contributed by atoms with Gasteiger partial charge in [-0.15, -0.1) is 11.3 Å². The summed E-state index contributed by atoms with van der Waals surface area (Å²) in [4.78, 5) is 31.2. The summed E-state index contributed by atoms with van der Waals surface area (Å²) < 4.78 is 0. The lowest BCUT2D eigenvalue weighted by molar-refractivity contribution is -0.134. The van der Waals surface area contributed by atoms with Crippen LogP contribution in [0, 0.1) is 0 Å². The van der Waals surface area contributed by atoms with E-state index < -0.39 is 0 Å². The number of hydrogen-bond acceptors (Lipinski definition) is 5. The molecule has 1 saturated heterocycles. The number of nitrogens with zero attached hydrogens (tertiary/aromatic N) is 2. The van der Waals surface area contributed by atoms with E-state index in [0.29, 0.717) is 19.5 Å². The fraction of sp³-hybridized carbons (Fsp3) is 0.450. The SMILES string of the molecule is CC(C)N1CCNC(=O)C1CC(=O)NCCc1nc(-c2ccccc2)cs1. The highest BCUT2D eigenvalue weighted by molar-refractivity contribution is 7.09. The molecule has 2 amide bonds. The molecule has 0 saturated carbocycles. The van der Waals surface area contributed by atoms with Crippen LogP contribution in [0.3, 0.4) is 0 Å². The molecule has 1 fully saturated rings. The Hall–Kier alpha value is -2.25. The van der Waals surface area contributed by atoms with E-state index in [9.17, 15) is 9.59 Å². The molecule has 6 nitrogen and oxygen atoms in total. The molecule has 2 heterocycles. The Morgan fingerprint density at radius 2 is 2.15 bits per heavy atom. The van der Waals surface area contributed by atoms with Gasteiger partial charge in [-0.1, -0.05) is 30.3 Å². The van der Waals surface area contributed by atoms with Crippen LogP contribution in [0.15, 0.2) is 35.7 Å². The average Bonchev–Trinajstić information content (AvgIpc) is 3.13. The summed E-state index contributed by atoms with van der Waals surface area (Å²) in [5.41, 5.74) is 2.06. The van der Waals surface area contributed by atoms with Gasteiger partial charge in [0.2, 0.25) is 11.8 Å². The minimum absolute atomic E-state index is 0.0578. The van der Waals surface area contributed by atoms with Gasteiger partial charge in [-0.05, 0) is 13.8 Å². The van der Waals surface area contributed by atoms with Gasteiger partial charge in [0.05, 0.1) is 23.2 Å². The van der Waals surface area contributed by atoms with Gasteiger partial charge in [0.1, 0.15) is 0 Å². The van der Waals surface area contributed by atoms with E-state index in [0.717, 1.165) is 22.8 Å². The normalized spacial score (nSPS) is 17.7. The largest absolute Gasteiger partial charge is 0.356 e. The fourth-order valence-corrected chi connectivity index (χ4v) is 4.09. The summed E-state index contributed by atoms with van der Waals surface area (Å²) in [5, 5.41) is 8.82. The number of carbonyl (C=O) groups is 2. The Bertz CT molecular complexity index is 775. The molecule has 1 aliphatic rings. The zero-order valence-electron chi connectivity index (χ0n) is 15.8. The molecule has 0 radical (unpaired) electrons. The molecule has 0 spiro atoms. The lowest BCUT2D eigenvalue weighted by Crippen LogP contribution is -2.58. The van der Waals surface area contributed by atoms with E-state index in [1.54, 1.807) is 11.3 Å². The molecule has 2 N–H and O–H groups in total. The summed E-state index contributed by atoms with van der Waals surface area (Å²) in [5.74, 6) is -0.153. The molecule has 3 rings (SSSR count). The standard InChI is InChI=1S/C20H26N4O2S/c1-14(2)24-11-10-22-20(26)17(24)12-18(25)21-9-8-19-23-16(13-27-19)15-6-4-3-5-7-15/h3-7,13-14,17H,8-12H2,1-2H3,(H,21,25)(H,22,26). The maximum atomic E-state index is 12.3. The number of nitrogens with one attached hydrogen (secondary N) is 2. The van der Waals surface area contributed by atoms with Crippen molar-refractivity contribution in [1.29, 1.82) is 0 Å². The number of carbonyl (C=O) groups excluding carboxylic acids is 2. The van der Waals surface area contributed by atoms with Crippen molar-refractivity contribution in [2.24, 2.45) is 0 Å². The number of hydrogen-bond donors (Lipinski definition) is 2. The second-order valence-electron chi connectivity index (χ2n) is 6.93. The fourth-order valence-electron chi connectivity index (χ4n) is 3.28. The van der Waals surface area contributed by atoms with Gasteiger partial charge in [0, 0.05) is 43.0 Å². The molecule has 7 heteroatoms. The van der Waals surface area contributed by atoms with Crippen LogP contribution >= 0.6 is 11.3 Å². The second-order valence-corrected chi connectivity index (χ2v) is 7.88. The molecule has 0 aliphatic carbocycles. The maximum absolute atomic E-state index is 12.3. The van der Waals surface area contributed by atoms with Crippen molar-refractivity contribution in [3.63, 3.8) is 0 Å². The smallest absolute Gasteiger partial charge is 0.237 e. The molecule has 144 valence electrons. The molecule has 1 unspecified atom stereocenters. The summed E-state index contributed by atoms with van der Waals surface area (Å²) in [6, 6.07) is 9.91. The van der Waals surface area contributed by atoms with Gasteiger partial charge >= 0.3 is 0 Å². The number of benzene rings is 1. The van der Waals surface area contributed by atoms with Crippen LogP contribution in [0.2, 0.25) is 0 Å². The molecule has 2 aromatic rings. The van der Waals surface area contributed by atoms with Crippen LogP contribution < -0.4 is 10.6 Å². The van der Waals surface area contributed by atoms with Crippen LogP contribution in [0.5, 0.6) is 0 Å². The van der Waals surface area contributed by atoms with E-state index in [1.165, 1.54) is 0 Å². The lowest BCUT2D eigenvalue weighted by atomic mass is 10.1. The zero-order valence-corrected chi connectivity index (χ0v) is 16.6. The molecule has 27 heavy (non-hydrogen) atoms. The van der Waals surface area contributed by atoms with Crippen molar-refractivity contribution in [1.82, 2.24) is 20.5 Å². The number of aromatic nitrogens is 1. The number of piperazine rings is 1. The zero-order chi connectivity index (χ0) is 19.2. The van der Waals surface area contributed by atoms with E-state index in [-0.39, 0.29) is 30.3 Å². The van der Waals surface area contributed by atoms with Gasteiger partial charge in [-0.2, -0.15) is 0 Å². The molecule has 1 aliphatic heterocycles. The Balaban J connectivity index is 1.48. The highest BCUT2D eigenvalue weighted by atomic mass is 32.1. The first-order chi connectivity index (χ1) is 13.0. The summed E-state index contributed by atoms with van der Waals surface area (Å²) in [6.07, 6.45) is 0.880. The van der Waals surface area contributed by atoms with Crippen molar-refractivity contribution in [2.45, 2.75) is 38.8 Å². The molecular formula is C20H26N4O2S. The van der Waals surface area contributed by atoms with Crippen molar-refractivity contribution in [2.75, 3.05) is 19.6 Å². The van der Waals surface area contributed by atoms with E-state index in [2.05, 4.69) is 34.4 Å². The molecule has 0 bridgehead atoms. The highest BCUT2D eigenvalue weighted by Gasteiger charge is 2.32. The predicted molar refractivity (Wildman–Crippen MR) is 108 cm³/mol. The van der Waals surface area contributed by atoms with Crippen LogP contribution in [0.4, 0.5) is 0 Å². The predicted octanol–water partition coefficient (Wildman–Crippen LogP) is 2.07. The summed E-state index contributed by atoms with van der Waals surface area (Å²) in [7, 11) is 0. The van der Waals surface area contributed by atoms with Crippen LogP contribution in [-0.4, -0.2) is 53.4 Å². The minimum Gasteiger partial charge on any atom is -0.356 e. The minimum atomic E-state index is -0.386. The third-order valence-electron chi connectivity index (χ3n) is 4.70. The van der Waals surface area contributed by atoms with Crippen LogP contribution in [-0.2, 0) is 16.0 Å². The first kappa shape index (κ1) is 19.5. The van der Waals surface area contributed by atoms with Crippen molar-refractivity contribution in [3.05, 3.63) is 40.7 Å². The summed E-state index contributed by atoms with van der Waals surface area (Å²) in [6.45, 7) is 6.05. The van der Waals surface area contributed by atoms with Gasteiger partial charge in [0.15, 0.2) is 0 Å². The lowest BCUT2D eigenvalue weighted by Gasteiger charge is -2.37. The van der Waals surface area contributed by atoms with Gasteiger partial charge in [0.25, 0.3) is 0 Å². The van der Waals surface area contributed by atoms with Crippen LogP contribution in [0.25, 0.3) is 11.3 Å². The Morgan fingerprint density at radius 3 is 2.89 bits per heavy atom. The van der Waals surface area contributed by atoms with Gasteiger partial charge in [-0.25, -0.2) is 4.98 Å². The number of amides is 2. The maximum Gasteiger partial charge on any atom is 0.237 e. The summed E-state index contributed by atoms with van der Waals surface area (Å²) >= 11 is 1.60. The molecular weight excluding hydrogens is 360 g/mol. The third kappa shape index (κ3) is 5.14.